The van der Waals surface area contributed by atoms with Crippen molar-refractivity contribution in [1.82, 2.24) is 34.8 Å². The molecule has 3 aromatic heterocycles. The molecule has 4 aromatic rings. The minimum Gasteiger partial charge on any atom is -0.345 e. The third-order valence-electron chi connectivity index (χ3n) is 4.30. The van der Waals surface area contributed by atoms with E-state index in [0.29, 0.717) is 17.2 Å². The second-order valence-corrected chi connectivity index (χ2v) is 6.38. The van der Waals surface area contributed by atoms with Gasteiger partial charge in [0.1, 0.15) is 6.33 Å². The van der Waals surface area contributed by atoms with Crippen molar-refractivity contribution < 1.29 is 4.79 Å². The van der Waals surface area contributed by atoms with E-state index >= 15 is 0 Å². The highest BCUT2D eigenvalue weighted by Gasteiger charge is 2.11. The number of aromatic nitrogens is 6. The zero-order chi connectivity index (χ0) is 19.5. The van der Waals surface area contributed by atoms with Crippen LogP contribution in [0.15, 0.2) is 61.1 Å². The SMILES string of the molecule is Cc1cc(C)n(-c2ccc(C(=O)NCc3nncn3-c3ccccc3)cn2)n1. The number of hydrogen-bond donors (Lipinski definition) is 1. The zero-order valence-corrected chi connectivity index (χ0v) is 15.6. The molecule has 8 nitrogen and oxygen atoms in total. The van der Waals surface area contributed by atoms with Gasteiger partial charge in [-0.1, -0.05) is 18.2 Å². The van der Waals surface area contributed by atoms with E-state index in [2.05, 4.69) is 25.6 Å². The van der Waals surface area contributed by atoms with Gasteiger partial charge in [0.2, 0.25) is 0 Å². The van der Waals surface area contributed by atoms with E-state index in [1.165, 1.54) is 0 Å². The Morgan fingerprint density at radius 1 is 1.11 bits per heavy atom. The maximum absolute atomic E-state index is 12.5. The molecule has 0 aliphatic heterocycles. The summed E-state index contributed by atoms with van der Waals surface area (Å²) in [7, 11) is 0. The first-order valence-corrected chi connectivity index (χ1v) is 8.84. The predicted molar refractivity (Wildman–Crippen MR) is 103 cm³/mol. The molecule has 3 heterocycles. The average molecular weight is 373 g/mol. The minimum atomic E-state index is -0.227. The smallest absolute Gasteiger partial charge is 0.253 e. The van der Waals surface area contributed by atoms with Gasteiger partial charge in [-0.3, -0.25) is 9.36 Å². The number of rotatable bonds is 5. The summed E-state index contributed by atoms with van der Waals surface area (Å²) in [6.45, 7) is 4.15. The van der Waals surface area contributed by atoms with E-state index in [1.54, 1.807) is 29.3 Å². The van der Waals surface area contributed by atoms with Gasteiger partial charge in [-0.2, -0.15) is 5.10 Å². The van der Waals surface area contributed by atoms with Gasteiger partial charge in [-0.15, -0.1) is 10.2 Å². The lowest BCUT2D eigenvalue weighted by atomic mass is 10.2. The maximum Gasteiger partial charge on any atom is 0.253 e. The Balaban J connectivity index is 1.45. The first-order chi connectivity index (χ1) is 13.6. The van der Waals surface area contributed by atoms with E-state index in [4.69, 9.17) is 0 Å². The van der Waals surface area contributed by atoms with E-state index in [-0.39, 0.29) is 12.5 Å². The second-order valence-electron chi connectivity index (χ2n) is 6.38. The van der Waals surface area contributed by atoms with Gasteiger partial charge >= 0.3 is 0 Å². The Bertz CT molecular complexity index is 1100. The van der Waals surface area contributed by atoms with Crippen molar-refractivity contribution >= 4 is 5.91 Å². The summed E-state index contributed by atoms with van der Waals surface area (Å²) in [5, 5.41) is 15.3. The summed E-state index contributed by atoms with van der Waals surface area (Å²) in [5.74, 6) is 1.09. The fourth-order valence-corrected chi connectivity index (χ4v) is 2.95. The van der Waals surface area contributed by atoms with E-state index in [9.17, 15) is 4.79 Å². The molecule has 0 saturated heterocycles. The van der Waals surface area contributed by atoms with Crippen LogP contribution in [0, 0.1) is 13.8 Å². The number of carbonyl (C=O) groups is 1. The van der Waals surface area contributed by atoms with Crippen LogP contribution < -0.4 is 5.32 Å². The van der Waals surface area contributed by atoms with Gasteiger partial charge in [-0.05, 0) is 44.2 Å². The summed E-state index contributed by atoms with van der Waals surface area (Å²) in [6, 6.07) is 15.2. The van der Waals surface area contributed by atoms with Crippen LogP contribution >= 0.6 is 0 Å². The number of hydrogen-bond acceptors (Lipinski definition) is 5. The summed E-state index contributed by atoms with van der Waals surface area (Å²) in [6.07, 6.45) is 3.17. The fourth-order valence-electron chi connectivity index (χ4n) is 2.95. The normalized spacial score (nSPS) is 10.8. The van der Waals surface area contributed by atoms with Gasteiger partial charge in [-0.25, -0.2) is 9.67 Å². The van der Waals surface area contributed by atoms with Gasteiger partial charge in [0, 0.05) is 17.6 Å². The minimum absolute atomic E-state index is 0.227. The van der Waals surface area contributed by atoms with Crippen LogP contribution in [-0.4, -0.2) is 35.4 Å². The number of benzene rings is 1. The molecule has 0 unspecified atom stereocenters. The lowest BCUT2D eigenvalue weighted by molar-refractivity contribution is 0.0949. The monoisotopic (exact) mass is 373 g/mol. The molecule has 0 spiro atoms. The molecule has 0 atom stereocenters. The summed E-state index contributed by atoms with van der Waals surface area (Å²) < 4.78 is 3.59. The van der Waals surface area contributed by atoms with Crippen LogP contribution in [0.5, 0.6) is 0 Å². The van der Waals surface area contributed by atoms with Crippen molar-refractivity contribution in [3.63, 3.8) is 0 Å². The molecular weight excluding hydrogens is 354 g/mol. The molecule has 8 heteroatoms. The summed E-state index contributed by atoms with van der Waals surface area (Å²) in [5.41, 5.74) is 3.31. The fraction of sp³-hybridized carbons (Fsp3) is 0.150. The molecular formula is C20H19N7O. The van der Waals surface area contributed by atoms with Crippen molar-refractivity contribution in [3.05, 3.63) is 83.8 Å². The molecule has 140 valence electrons. The Morgan fingerprint density at radius 3 is 2.61 bits per heavy atom. The highest BCUT2D eigenvalue weighted by molar-refractivity contribution is 5.93. The Morgan fingerprint density at radius 2 is 1.93 bits per heavy atom. The van der Waals surface area contributed by atoms with Crippen LogP contribution in [-0.2, 0) is 6.54 Å². The molecule has 0 saturated carbocycles. The quantitative estimate of drug-likeness (QED) is 0.580. The predicted octanol–water partition coefficient (Wildman–Crippen LogP) is 2.39. The van der Waals surface area contributed by atoms with Crippen molar-refractivity contribution in [2.75, 3.05) is 0 Å². The number of para-hydroxylation sites is 1. The van der Waals surface area contributed by atoms with Gasteiger partial charge in [0.25, 0.3) is 5.91 Å². The molecule has 0 aliphatic rings. The van der Waals surface area contributed by atoms with Gasteiger partial charge in [0.05, 0.1) is 17.8 Å². The number of aryl methyl sites for hydroxylation is 2. The third kappa shape index (κ3) is 3.52. The zero-order valence-electron chi connectivity index (χ0n) is 15.6. The Labute approximate surface area is 161 Å². The van der Waals surface area contributed by atoms with Crippen molar-refractivity contribution in [1.29, 1.82) is 0 Å². The number of carbonyl (C=O) groups excluding carboxylic acids is 1. The molecule has 0 radical (unpaired) electrons. The largest absolute Gasteiger partial charge is 0.345 e. The van der Waals surface area contributed by atoms with E-state index in [1.807, 2.05) is 54.8 Å². The highest BCUT2D eigenvalue weighted by Crippen LogP contribution is 2.11. The molecule has 4 rings (SSSR count). The lowest BCUT2D eigenvalue weighted by Gasteiger charge is -2.08. The van der Waals surface area contributed by atoms with Crippen LogP contribution in [0.25, 0.3) is 11.5 Å². The van der Waals surface area contributed by atoms with Crippen LogP contribution in [0.2, 0.25) is 0 Å². The van der Waals surface area contributed by atoms with Gasteiger partial charge < -0.3 is 5.32 Å². The van der Waals surface area contributed by atoms with Crippen LogP contribution in [0.4, 0.5) is 0 Å². The van der Waals surface area contributed by atoms with Crippen LogP contribution in [0.3, 0.4) is 0 Å². The maximum atomic E-state index is 12.5. The molecule has 1 aromatic carbocycles. The summed E-state index contributed by atoms with van der Waals surface area (Å²) >= 11 is 0. The molecule has 1 amide bonds. The van der Waals surface area contributed by atoms with Crippen molar-refractivity contribution in [3.8, 4) is 11.5 Å². The average Bonchev–Trinajstić information content (AvgIpc) is 3.32. The molecule has 0 fully saturated rings. The highest BCUT2D eigenvalue weighted by atomic mass is 16.1. The molecule has 0 bridgehead atoms. The third-order valence-corrected chi connectivity index (χ3v) is 4.30. The number of nitrogens with zero attached hydrogens (tertiary/aromatic N) is 6. The van der Waals surface area contributed by atoms with Crippen LogP contribution in [0.1, 0.15) is 27.6 Å². The standard InChI is InChI=1S/C20H19N7O/c1-14-10-15(2)27(25-14)18-9-8-16(11-21-18)20(28)22-12-19-24-23-13-26(19)17-6-4-3-5-7-17/h3-11,13H,12H2,1-2H3,(H,22,28). The Kier molecular flexibility index (Phi) is 4.67. The van der Waals surface area contributed by atoms with Crippen molar-refractivity contribution in [2.45, 2.75) is 20.4 Å². The number of amides is 1. The number of pyridine rings is 1. The van der Waals surface area contributed by atoms with E-state index in [0.717, 1.165) is 17.1 Å². The molecule has 0 aliphatic carbocycles. The van der Waals surface area contributed by atoms with Crippen molar-refractivity contribution in [2.24, 2.45) is 0 Å². The van der Waals surface area contributed by atoms with Gasteiger partial charge in [0.15, 0.2) is 11.6 Å². The molecule has 1 N–H and O–H groups in total. The molecule has 28 heavy (non-hydrogen) atoms. The first kappa shape index (κ1) is 17.6. The summed E-state index contributed by atoms with van der Waals surface area (Å²) in [4.78, 5) is 16.8. The topological polar surface area (TPSA) is 90.5 Å². The number of nitrogens with one attached hydrogen (secondary N) is 1. The first-order valence-electron chi connectivity index (χ1n) is 8.84. The second kappa shape index (κ2) is 7.43. The van der Waals surface area contributed by atoms with E-state index < -0.39 is 0 Å². The Hall–Kier alpha value is -3.81. The lowest BCUT2D eigenvalue weighted by Crippen LogP contribution is -2.24.